The van der Waals surface area contributed by atoms with Crippen molar-refractivity contribution in [1.82, 2.24) is 10.0 Å². The SMILES string of the molecule is COCCNC(=O)CNS(=O)(=O)c1ccc(Br)c(N)c1. The van der Waals surface area contributed by atoms with E-state index >= 15 is 0 Å². The number of halogens is 1. The molecule has 0 atom stereocenters. The standard InChI is InChI=1S/C11H16BrN3O4S/c1-19-5-4-14-11(16)7-15-20(17,18)8-2-3-9(12)10(13)6-8/h2-3,6,15H,4-5,7,13H2,1H3,(H,14,16). The van der Waals surface area contributed by atoms with Gasteiger partial charge in [0.15, 0.2) is 0 Å². The summed E-state index contributed by atoms with van der Waals surface area (Å²) in [6.45, 7) is 0.339. The number of rotatable bonds is 7. The largest absolute Gasteiger partial charge is 0.398 e. The minimum atomic E-state index is -3.77. The summed E-state index contributed by atoms with van der Waals surface area (Å²) in [7, 11) is -2.26. The number of anilines is 1. The third kappa shape index (κ3) is 5.08. The summed E-state index contributed by atoms with van der Waals surface area (Å²) in [5, 5.41) is 2.51. The van der Waals surface area contributed by atoms with E-state index in [1.165, 1.54) is 25.3 Å². The van der Waals surface area contributed by atoms with E-state index in [-0.39, 0.29) is 11.4 Å². The second-order valence-electron chi connectivity index (χ2n) is 3.85. The normalized spacial score (nSPS) is 11.3. The quantitative estimate of drug-likeness (QED) is 0.467. The Hall–Kier alpha value is -1.16. The predicted molar refractivity (Wildman–Crippen MR) is 78.6 cm³/mol. The first kappa shape index (κ1) is 16.9. The molecule has 9 heteroatoms. The van der Waals surface area contributed by atoms with Crippen LogP contribution in [0.4, 0.5) is 5.69 Å². The van der Waals surface area contributed by atoms with Crippen molar-refractivity contribution >= 4 is 37.5 Å². The summed E-state index contributed by atoms with van der Waals surface area (Å²) < 4.78 is 31.4. The smallest absolute Gasteiger partial charge is 0.241 e. The Bertz CT molecular complexity index is 577. The maximum atomic E-state index is 11.9. The molecule has 0 aliphatic rings. The van der Waals surface area contributed by atoms with Crippen LogP contribution in [0.25, 0.3) is 0 Å². The molecule has 0 aromatic heterocycles. The van der Waals surface area contributed by atoms with Crippen molar-refractivity contribution in [2.24, 2.45) is 0 Å². The Balaban J connectivity index is 2.61. The highest BCUT2D eigenvalue weighted by Gasteiger charge is 2.16. The molecule has 0 aliphatic carbocycles. The van der Waals surface area contributed by atoms with Crippen LogP contribution < -0.4 is 15.8 Å². The van der Waals surface area contributed by atoms with E-state index < -0.39 is 15.9 Å². The van der Waals surface area contributed by atoms with Gasteiger partial charge < -0.3 is 15.8 Å². The van der Waals surface area contributed by atoms with Crippen LogP contribution in [0.5, 0.6) is 0 Å². The highest BCUT2D eigenvalue weighted by molar-refractivity contribution is 9.10. The fourth-order valence-corrected chi connectivity index (χ4v) is 2.55. The van der Waals surface area contributed by atoms with E-state index in [1.807, 2.05) is 0 Å². The number of nitrogens with one attached hydrogen (secondary N) is 2. The highest BCUT2D eigenvalue weighted by atomic mass is 79.9. The molecule has 112 valence electrons. The lowest BCUT2D eigenvalue weighted by molar-refractivity contribution is -0.120. The maximum Gasteiger partial charge on any atom is 0.241 e. The van der Waals surface area contributed by atoms with E-state index in [0.717, 1.165) is 0 Å². The molecule has 1 rings (SSSR count). The second-order valence-corrected chi connectivity index (χ2v) is 6.47. The van der Waals surface area contributed by atoms with Crippen LogP contribution in [-0.2, 0) is 19.6 Å². The van der Waals surface area contributed by atoms with Gasteiger partial charge in [-0.15, -0.1) is 0 Å². The summed E-state index contributed by atoms with van der Waals surface area (Å²) in [5.74, 6) is -0.435. The van der Waals surface area contributed by atoms with Crippen molar-refractivity contribution in [3.8, 4) is 0 Å². The third-order valence-electron chi connectivity index (χ3n) is 2.33. The van der Waals surface area contributed by atoms with Crippen molar-refractivity contribution in [3.05, 3.63) is 22.7 Å². The molecule has 0 saturated heterocycles. The summed E-state index contributed by atoms with van der Waals surface area (Å²) in [6.07, 6.45) is 0. The van der Waals surface area contributed by atoms with Gasteiger partial charge in [-0.3, -0.25) is 4.79 Å². The van der Waals surface area contributed by atoms with Crippen molar-refractivity contribution in [2.75, 3.05) is 32.5 Å². The minimum Gasteiger partial charge on any atom is -0.398 e. The maximum absolute atomic E-state index is 11.9. The molecule has 1 aromatic rings. The molecule has 0 aliphatic heterocycles. The van der Waals surface area contributed by atoms with E-state index in [4.69, 9.17) is 10.5 Å². The number of carbonyl (C=O) groups excluding carboxylic acids is 1. The molecule has 20 heavy (non-hydrogen) atoms. The number of methoxy groups -OCH3 is 1. The van der Waals surface area contributed by atoms with Gasteiger partial charge in [0.2, 0.25) is 15.9 Å². The number of nitrogens with two attached hydrogens (primary N) is 1. The van der Waals surface area contributed by atoms with E-state index in [2.05, 4.69) is 26.0 Å². The Morgan fingerprint density at radius 2 is 2.15 bits per heavy atom. The van der Waals surface area contributed by atoms with Crippen molar-refractivity contribution in [1.29, 1.82) is 0 Å². The van der Waals surface area contributed by atoms with Gasteiger partial charge >= 0.3 is 0 Å². The lowest BCUT2D eigenvalue weighted by Crippen LogP contribution is -2.38. The van der Waals surface area contributed by atoms with Crippen molar-refractivity contribution < 1.29 is 17.9 Å². The number of benzene rings is 1. The molecule has 0 radical (unpaired) electrons. The molecule has 4 N–H and O–H groups in total. The summed E-state index contributed by atoms with van der Waals surface area (Å²) in [4.78, 5) is 11.4. The van der Waals surface area contributed by atoms with E-state index in [9.17, 15) is 13.2 Å². The first-order valence-corrected chi connectivity index (χ1v) is 7.95. The van der Waals surface area contributed by atoms with Gasteiger partial charge in [-0.2, -0.15) is 0 Å². The molecule has 0 fully saturated rings. The number of sulfonamides is 1. The van der Waals surface area contributed by atoms with Crippen molar-refractivity contribution in [3.63, 3.8) is 0 Å². The molecule has 1 aromatic carbocycles. The first-order valence-electron chi connectivity index (χ1n) is 5.67. The topological polar surface area (TPSA) is 111 Å². The fraction of sp³-hybridized carbons (Fsp3) is 0.364. The van der Waals surface area contributed by atoms with Crippen LogP contribution >= 0.6 is 15.9 Å². The molecule has 0 saturated carbocycles. The number of carbonyl (C=O) groups is 1. The van der Waals surface area contributed by atoms with Gasteiger partial charge in [-0.05, 0) is 34.1 Å². The monoisotopic (exact) mass is 365 g/mol. The number of hydrogen-bond donors (Lipinski definition) is 3. The zero-order chi connectivity index (χ0) is 15.2. The van der Waals surface area contributed by atoms with Gasteiger partial charge in [0.25, 0.3) is 0 Å². The summed E-state index contributed by atoms with van der Waals surface area (Å²) >= 11 is 3.18. The summed E-state index contributed by atoms with van der Waals surface area (Å²) in [6, 6.07) is 4.24. The van der Waals surface area contributed by atoms with Crippen LogP contribution in [-0.4, -0.2) is 41.1 Å². The average Bonchev–Trinajstić information content (AvgIpc) is 2.40. The Morgan fingerprint density at radius 1 is 1.45 bits per heavy atom. The van der Waals surface area contributed by atoms with E-state index in [0.29, 0.717) is 23.3 Å². The van der Waals surface area contributed by atoms with Crippen LogP contribution in [0.2, 0.25) is 0 Å². The summed E-state index contributed by atoms with van der Waals surface area (Å²) in [5.41, 5.74) is 5.93. The zero-order valence-electron chi connectivity index (χ0n) is 10.8. The second kappa shape index (κ2) is 7.58. The Morgan fingerprint density at radius 3 is 2.75 bits per heavy atom. The van der Waals surface area contributed by atoms with Gasteiger partial charge in [0.05, 0.1) is 18.0 Å². The zero-order valence-corrected chi connectivity index (χ0v) is 13.3. The number of ether oxygens (including phenoxy) is 1. The number of nitrogen functional groups attached to an aromatic ring is 1. The molecule has 7 nitrogen and oxygen atoms in total. The Labute approximate surface area is 126 Å². The molecule has 1 amide bonds. The van der Waals surface area contributed by atoms with Crippen LogP contribution in [0, 0.1) is 0 Å². The van der Waals surface area contributed by atoms with Gasteiger partial charge in [-0.25, -0.2) is 13.1 Å². The van der Waals surface area contributed by atoms with Crippen LogP contribution in [0.3, 0.4) is 0 Å². The molecular weight excluding hydrogens is 350 g/mol. The number of hydrogen-bond acceptors (Lipinski definition) is 5. The van der Waals surface area contributed by atoms with E-state index in [1.54, 1.807) is 0 Å². The van der Waals surface area contributed by atoms with Gasteiger partial charge in [0.1, 0.15) is 0 Å². The van der Waals surface area contributed by atoms with Crippen LogP contribution in [0.1, 0.15) is 0 Å². The lowest BCUT2D eigenvalue weighted by atomic mass is 10.3. The van der Waals surface area contributed by atoms with Gasteiger partial charge in [-0.1, -0.05) is 0 Å². The highest BCUT2D eigenvalue weighted by Crippen LogP contribution is 2.22. The van der Waals surface area contributed by atoms with Crippen molar-refractivity contribution in [2.45, 2.75) is 4.90 Å². The Kier molecular flexibility index (Phi) is 6.40. The molecular formula is C11H16BrN3O4S. The predicted octanol–water partition coefficient (Wildman–Crippen LogP) is 0.0722. The average molecular weight is 366 g/mol. The fourth-order valence-electron chi connectivity index (χ4n) is 1.29. The first-order chi connectivity index (χ1) is 9.36. The number of amides is 1. The lowest BCUT2D eigenvalue weighted by Gasteiger charge is -2.08. The molecule has 0 spiro atoms. The van der Waals surface area contributed by atoms with Gasteiger partial charge in [0, 0.05) is 23.8 Å². The molecule has 0 heterocycles. The molecule has 0 unspecified atom stereocenters. The minimum absolute atomic E-state index is 0.00268. The van der Waals surface area contributed by atoms with Crippen LogP contribution in [0.15, 0.2) is 27.6 Å². The molecule has 0 bridgehead atoms. The third-order valence-corrected chi connectivity index (χ3v) is 4.45.